The lowest BCUT2D eigenvalue weighted by atomic mass is 10.1. The van der Waals surface area contributed by atoms with Gasteiger partial charge in [0.2, 0.25) is 11.8 Å². The van der Waals surface area contributed by atoms with E-state index in [-0.39, 0.29) is 37.0 Å². The molecule has 0 fully saturated rings. The van der Waals surface area contributed by atoms with E-state index in [1.54, 1.807) is 31.2 Å². The number of methoxy groups -OCH3 is 1. The van der Waals surface area contributed by atoms with Crippen LogP contribution in [0.5, 0.6) is 5.75 Å². The fourth-order valence-electron chi connectivity index (χ4n) is 2.83. The van der Waals surface area contributed by atoms with Gasteiger partial charge in [-0.15, -0.1) is 0 Å². The molecule has 0 bridgehead atoms. The van der Waals surface area contributed by atoms with Gasteiger partial charge in [-0.25, -0.2) is 0 Å². The average Bonchev–Trinajstić information content (AvgIpc) is 2.61. The van der Waals surface area contributed by atoms with Crippen LogP contribution in [0, 0.1) is 0 Å². The lowest BCUT2D eigenvalue weighted by molar-refractivity contribution is -0.136. The quantitative estimate of drug-likeness (QED) is 0.694. The van der Waals surface area contributed by atoms with Gasteiger partial charge < -0.3 is 15.0 Å². The maximum absolute atomic E-state index is 12.7. The highest BCUT2D eigenvalue weighted by molar-refractivity contribution is 5.92. The fourth-order valence-corrected chi connectivity index (χ4v) is 2.83. The van der Waals surface area contributed by atoms with Crippen LogP contribution in [0.1, 0.15) is 40.5 Å². The first-order valence-electron chi connectivity index (χ1n) is 9.25. The molecule has 1 N–H and O–H groups in total. The van der Waals surface area contributed by atoms with Crippen molar-refractivity contribution in [1.82, 2.24) is 9.80 Å². The summed E-state index contributed by atoms with van der Waals surface area (Å²) in [6, 6.07) is 7.58. The van der Waals surface area contributed by atoms with Gasteiger partial charge in [-0.3, -0.25) is 14.5 Å². The number of nitrogens with one attached hydrogen (secondary N) is 1. The maximum Gasteiger partial charge on any atom is 0.238 e. The van der Waals surface area contributed by atoms with Crippen molar-refractivity contribution in [3.05, 3.63) is 24.3 Å². The summed E-state index contributed by atoms with van der Waals surface area (Å²) in [7, 11) is 3.37. The Morgan fingerprint density at radius 3 is 2.27 bits per heavy atom. The Kier molecular flexibility index (Phi) is 9.13. The summed E-state index contributed by atoms with van der Waals surface area (Å²) in [4.78, 5) is 28.6. The number of benzene rings is 1. The van der Waals surface area contributed by atoms with Gasteiger partial charge in [0, 0.05) is 23.8 Å². The van der Waals surface area contributed by atoms with Crippen LogP contribution in [0.15, 0.2) is 24.3 Å². The number of hydrogen-bond donors (Lipinski definition) is 1. The molecule has 0 radical (unpaired) electrons. The molecule has 0 aromatic heterocycles. The molecule has 6 heteroatoms. The molecule has 1 rings (SSSR count). The number of rotatable bonds is 10. The van der Waals surface area contributed by atoms with Crippen LogP contribution < -0.4 is 10.1 Å². The van der Waals surface area contributed by atoms with Crippen molar-refractivity contribution in [2.75, 3.05) is 32.6 Å². The minimum Gasteiger partial charge on any atom is -0.497 e. The molecule has 2 atom stereocenters. The third-order valence-electron chi connectivity index (χ3n) is 4.59. The third kappa shape index (κ3) is 6.67. The molecule has 0 heterocycles. The number of amides is 2. The molecule has 1 aromatic rings. The minimum atomic E-state index is -0.160. The van der Waals surface area contributed by atoms with Gasteiger partial charge in [-0.2, -0.15) is 0 Å². The van der Waals surface area contributed by atoms with Gasteiger partial charge in [0.15, 0.2) is 0 Å². The summed E-state index contributed by atoms with van der Waals surface area (Å²) in [6.07, 6.45) is 1.83. The molecule has 0 unspecified atom stereocenters. The molecule has 0 spiro atoms. The molecule has 26 heavy (non-hydrogen) atoms. The molecule has 0 aliphatic heterocycles. The second kappa shape index (κ2) is 10.8. The highest BCUT2D eigenvalue weighted by atomic mass is 16.5. The van der Waals surface area contributed by atoms with Crippen molar-refractivity contribution in [3.8, 4) is 5.75 Å². The van der Waals surface area contributed by atoms with Gasteiger partial charge in [-0.05, 0) is 45.9 Å². The largest absolute Gasteiger partial charge is 0.497 e. The molecule has 6 nitrogen and oxygen atoms in total. The minimum absolute atomic E-state index is 0.0605. The molecular weight excluding hydrogens is 330 g/mol. The van der Waals surface area contributed by atoms with Crippen molar-refractivity contribution in [2.45, 2.75) is 52.6 Å². The molecule has 0 aliphatic carbocycles. The summed E-state index contributed by atoms with van der Waals surface area (Å²) in [5.41, 5.74) is 0.676. The molecule has 0 saturated heterocycles. The zero-order valence-corrected chi connectivity index (χ0v) is 16.9. The number of ether oxygens (including phenoxy) is 1. The molecule has 146 valence electrons. The number of anilines is 1. The van der Waals surface area contributed by atoms with E-state index in [0.717, 1.165) is 12.8 Å². The second-order valence-electron chi connectivity index (χ2n) is 6.77. The van der Waals surface area contributed by atoms with E-state index in [9.17, 15) is 9.59 Å². The first-order valence-corrected chi connectivity index (χ1v) is 9.25. The Morgan fingerprint density at radius 2 is 1.73 bits per heavy atom. The lowest BCUT2D eigenvalue weighted by Gasteiger charge is -2.35. The number of carbonyl (C=O) groups is 2. The zero-order chi connectivity index (χ0) is 19.7. The number of likely N-dealkylation sites (N-methyl/N-ethyl adjacent to an activating group) is 1. The van der Waals surface area contributed by atoms with E-state index >= 15 is 0 Å². The summed E-state index contributed by atoms with van der Waals surface area (Å²) in [5.74, 6) is 0.585. The van der Waals surface area contributed by atoms with Crippen molar-refractivity contribution in [1.29, 1.82) is 0 Å². The van der Waals surface area contributed by atoms with Crippen LogP contribution in [-0.2, 0) is 9.59 Å². The Labute approximate surface area is 157 Å². The van der Waals surface area contributed by atoms with Crippen molar-refractivity contribution in [2.24, 2.45) is 0 Å². The van der Waals surface area contributed by atoms with Crippen molar-refractivity contribution < 1.29 is 14.3 Å². The van der Waals surface area contributed by atoms with E-state index in [2.05, 4.69) is 33.0 Å². The smallest absolute Gasteiger partial charge is 0.238 e. The molecular formula is C20H33N3O3. The van der Waals surface area contributed by atoms with Crippen LogP contribution >= 0.6 is 0 Å². The van der Waals surface area contributed by atoms with Gasteiger partial charge >= 0.3 is 0 Å². The third-order valence-corrected chi connectivity index (χ3v) is 4.59. The molecule has 0 saturated carbocycles. The van der Waals surface area contributed by atoms with Crippen LogP contribution in [-0.4, -0.2) is 60.9 Å². The summed E-state index contributed by atoms with van der Waals surface area (Å²) >= 11 is 0. The van der Waals surface area contributed by atoms with Gasteiger partial charge in [-0.1, -0.05) is 19.9 Å². The predicted molar refractivity (Wildman–Crippen MR) is 105 cm³/mol. The number of carbonyl (C=O) groups excluding carboxylic acids is 2. The maximum atomic E-state index is 12.7. The van der Waals surface area contributed by atoms with Gasteiger partial charge in [0.05, 0.1) is 20.2 Å². The zero-order valence-electron chi connectivity index (χ0n) is 16.9. The number of hydrogen-bond acceptors (Lipinski definition) is 4. The van der Waals surface area contributed by atoms with Crippen LogP contribution in [0.25, 0.3) is 0 Å². The standard InChI is InChI=1S/C20H33N3O3/c1-7-15(3)23(16(4)8-2)20(25)14-22(5)13-19(24)21-17-10-9-11-18(12-17)26-6/h9-12,15-16H,7-8,13-14H2,1-6H3,(H,21,24)/t15-,16-/m1/s1. The highest BCUT2D eigenvalue weighted by Crippen LogP contribution is 2.16. The first-order chi connectivity index (χ1) is 12.3. The fraction of sp³-hybridized carbons (Fsp3) is 0.600. The van der Waals surface area contributed by atoms with Crippen molar-refractivity contribution >= 4 is 17.5 Å². The van der Waals surface area contributed by atoms with E-state index in [1.165, 1.54) is 0 Å². The molecule has 1 aromatic carbocycles. The molecule has 2 amide bonds. The SMILES string of the molecule is CC[C@@H](C)N(C(=O)CN(C)CC(=O)Nc1cccc(OC)c1)[C@H](C)CC. The monoisotopic (exact) mass is 363 g/mol. The Bertz CT molecular complexity index is 581. The van der Waals surface area contributed by atoms with Gasteiger partial charge in [0.25, 0.3) is 0 Å². The average molecular weight is 364 g/mol. The Hall–Kier alpha value is -2.08. The Balaban J connectivity index is 2.61. The van der Waals surface area contributed by atoms with E-state index < -0.39 is 0 Å². The number of nitrogens with zero attached hydrogens (tertiary/aromatic N) is 2. The second-order valence-corrected chi connectivity index (χ2v) is 6.77. The predicted octanol–water partition coefficient (Wildman–Crippen LogP) is 2.99. The first kappa shape index (κ1) is 22.0. The summed E-state index contributed by atoms with van der Waals surface area (Å²) in [6.45, 7) is 8.67. The van der Waals surface area contributed by atoms with Gasteiger partial charge in [0.1, 0.15) is 5.75 Å². The van der Waals surface area contributed by atoms with E-state index in [0.29, 0.717) is 11.4 Å². The van der Waals surface area contributed by atoms with E-state index in [4.69, 9.17) is 4.74 Å². The normalized spacial score (nSPS) is 13.2. The summed E-state index contributed by atoms with van der Waals surface area (Å²) in [5, 5.41) is 2.83. The van der Waals surface area contributed by atoms with E-state index in [1.807, 2.05) is 17.0 Å². The molecule has 0 aliphatic rings. The van der Waals surface area contributed by atoms with Crippen LogP contribution in [0.2, 0.25) is 0 Å². The highest BCUT2D eigenvalue weighted by Gasteiger charge is 2.24. The van der Waals surface area contributed by atoms with Crippen LogP contribution in [0.4, 0.5) is 5.69 Å². The summed E-state index contributed by atoms with van der Waals surface area (Å²) < 4.78 is 5.15. The van der Waals surface area contributed by atoms with Crippen molar-refractivity contribution in [3.63, 3.8) is 0 Å². The Morgan fingerprint density at radius 1 is 1.12 bits per heavy atom. The topological polar surface area (TPSA) is 61.9 Å². The van der Waals surface area contributed by atoms with Crippen LogP contribution in [0.3, 0.4) is 0 Å². The lowest BCUT2D eigenvalue weighted by Crippen LogP contribution is -2.49.